The summed E-state index contributed by atoms with van der Waals surface area (Å²) < 4.78 is 4.82. The molecule has 0 saturated carbocycles. The Kier molecular flexibility index (Phi) is 6.96. The molecule has 0 unspecified atom stereocenters. The van der Waals surface area contributed by atoms with Crippen molar-refractivity contribution in [3.63, 3.8) is 0 Å². The zero-order valence-electron chi connectivity index (χ0n) is 9.66. The van der Waals surface area contributed by atoms with Crippen molar-refractivity contribution in [3.05, 3.63) is 0 Å². The van der Waals surface area contributed by atoms with Gasteiger partial charge in [-0.2, -0.15) is 0 Å². The molecule has 0 radical (unpaired) electrons. The van der Waals surface area contributed by atoms with E-state index in [9.17, 15) is 14.7 Å². The van der Waals surface area contributed by atoms with Crippen LogP contribution >= 0.6 is 0 Å². The van der Waals surface area contributed by atoms with Gasteiger partial charge in [-0.15, -0.1) is 0 Å². The van der Waals surface area contributed by atoms with Crippen LogP contribution in [0.2, 0.25) is 0 Å². The SMILES string of the molecule is CCC[C@@H](O)CC(=O)CC(=O)OC(C)C. The number of rotatable bonds is 7. The molecule has 0 amide bonds. The number of carbonyl (C=O) groups is 2. The van der Waals surface area contributed by atoms with Crippen LogP contribution in [0.4, 0.5) is 0 Å². The van der Waals surface area contributed by atoms with Crippen LogP contribution in [0, 0.1) is 0 Å². The highest BCUT2D eigenvalue weighted by atomic mass is 16.5. The zero-order valence-corrected chi connectivity index (χ0v) is 9.66. The lowest BCUT2D eigenvalue weighted by atomic mass is 10.1. The monoisotopic (exact) mass is 216 g/mol. The first-order valence-corrected chi connectivity index (χ1v) is 5.35. The summed E-state index contributed by atoms with van der Waals surface area (Å²) in [5.41, 5.74) is 0. The van der Waals surface area contributed by atoms with Gasteiger partial charge in [0.15, 0.2) is 0 Å². The molecular formula is C11H20O4. The molecule has 0 heterocycles. The van der Waals surface area contributed by atoms with Gasteiger partial charge in [0.25, 0.3) is 0 Å². The molecule has 0 fully saturated rings. The molecule has 1 atom stereocenters. The summed E-state index contributed by atoms with van der Waals surface area (Å²) in [4.78, 5) is 22.3. The molecule has 0 aromatic carbocycles. The number of hydrogen-bond acceptors (Lipinski definition) is 4. The Hall–Kier alpha value is -0.900. The van der Waals surface area contributed by atoms with E-state index in [0.717, 1.165) is 6.42 Å². The summed E-state index contributed by atoms with van der Waals surface area (Å²) in [6.45, 7) is 5.39. The Bertz CT molecular complexity index is 211. The fraction of sp³-hybridized carbons (Fsp3) is 0.818. The van der Waals surface area contributed by atoms with E-state index >= 15 is 0 Å². The van der Waals surface area contributed by atoms with Crippen LogP contribution in [0.1, 0.15) is 46.5 Å². The summed E-state index contributed by atoms with van der Waals surface area (Å²) in [5, 5.41) is 9.34. The number of Topliss-reactive ketones (excluding diaryl/α,β-unsaturated/α-hetero) is 1. The maximum atomic E-state index is 11.3. The first kappa shape index (κ1) is 14.1. The maximum absolute atomic E-state index is 11.3. The molecular weight excluding hydrogens is 196 g/mol. The van der Waals surface area contributed by atoms with Crippen LogP contribution in [-0.4, -0.2) is 29.1 Å². The van der Waals surface area contributed by atoms with Crippen molar-refractivity contribution in [1.29, 1.82) is 0 Å². The van der Waals surface area contributed by atoms with Gasteiger partial charge in [-0.25, -0.2) is 0 Å². The Labute approximate surface area is 90.6 Å². The Morgan fingerprint density at radius 1 is 1.33 bits per heavy atom. The molecule has 4 nitrogen and oxygen atoms in total. The number of ether oxygens (including phenoxy) is 1. The number of ketones is 1. The third kappa shape index (κ3) is 8.12. The van der Waals surface area contributed by atoms with E-state index in [4.69, 9.17) is 4.74 Å². The molecule has 88 valence electrons. The van der Waals surface area contributed by atoms with Gasteiger partial charge in [0.2, 0.25) is 0 Å². The van der Waals surface area contributed by atoms with Crippen molar-refractivity contribution in [2.45, 2.75) is 58.7 Å². The normalized spacial score (nSPS) is 12.6. The van der Waals surface area contributed by atoms with Gasteiger partial charge >= 0.3 is 5.97 Å². The summed E-state index contributed by atoms with van der Waals surface area (Å²) in [6.07, 6.45) is 0.385. The van der Waals surface area contributed by atoms with E-state index in [0.29, 0.717) is 6.42 Å². The summed E-state index contributed by atoms with van der Waals surface area (Å²) >= 11 is 0. The van der Waals surface area contributed by atoms with Crippen molar-refractivity contribution < 1.29 is 19.4 Å². The van der Waals surface area contributed by atoms with Crippen LogP contribution in [0.5, 0.6) is 0 Å². The van der Waals surface area contributed by atoms with Crippen LogP contribution in [0.15, 0.2) is 0 Å². The fourth-order valence-corrected chi connectivity index (χ4v) is 1.24. The Balaban J connectivity index is 3.78. The topological polar surface area (TPSA) is 63.6 Å². The minimum Gasteiger partial charge on any atom is -0.463 e. The first-order valence-electron chi connectivity index (χ1n) is 5.35. The van der Waals surface area contributed by atoms with Crippen LogP contribution in [-0.2, 0) is 14.3 Å². The molecule has 15 heavy (non-hydrogen) atoms. The average molecular weight is 216 g/mol. The molecule has 0 saturated heterocycles. The lowest BCUT2D eigenvalue weighted by Gasteiger charge is -2.09. The molecule has 1 N–H and O–H groups in total. The largest absolute Gasteiger partial charge is 0.463 e. The van der Waals surface area contributed by atoms with Gasteiger partial charge in [0, 0.05) is 6.42 Å². The highest BCUT2D eigenvalue weighted by Gasteiger charge is 2.15. The van der Waals surface area contributed by atoms with Gasteiger partial charge in [-0.1, -0.05) is 13.3 Å². The van der Waals surface area contributed by atoms with E-state index in [1.165, 1.54) is 0 Å². The second kappa shape index (κ2) is 7.40. The van der Waals surface area contributed by atoms with Gasteiger partial charge in [0.05, 0.1) is 12.2 Å². The summed E-state index contributed by atoms with van der Waals surface area (Å²) in [6, 6.07) is 0. The molecule has 0 rings (SSSR count). The Morgan fingerprint density at radius 3 is 2.40 bits per heavy atom. The van der Waals surface area contributed by atoms with Crippen LogP contribution in [0.25, 0.3) is 0 Å². The quantitative estimate of drug-likeness (QED) is 0.516. The van der Waals surface area contributed by atoms with Gasteiger partial charge in [-0.05, 0) is 20.3 Å². The minimum absolute atomic E-state index is 0.0427. The van der Waals surface area contributed by atoms with E-state index < -0.39 is 12.1 Å². The van der Waals surface area contributed by atoms with Crippen molar-refractivity contribution in [3.8, 4) is 0 Å². The number of aliphatic hydroxyl groups excluding tert-OH is 1. The smallest absolute Gasteiger partial charge is 0.313 e. The zero-order chi connectivity index (χ0) is 11.8. The highest BCUT2D eigenvalue weighted by molar-refractivity contribution is 5.95. The summed E-state index contributed by atoms with van der Waals surface area (Å²) in [7, 11) is 0. The van der Waals surface area contributed by atoms with E-state index in [1.54, 1.807) is 13.8 Å². The molecule has 4 heteroatoms. The maximum Gasteiger partial charge on any atom is 0.313 e. The highest BCUT2D eigenvalue weighted by Crippen LogP contribution is 2.05. The lowest BCUT2D eigenvalue weighted by molar-refractivity contribution is -0.149. The van der Waals surface area contributed by atoms with Crippen molar-refractivity contribution in [2.24, 2.45) is 0 Å². The first-order chi connectivity index (χ1) is 6.95. The third-order valence-corrected chi connectivity index (χ3v) is 1.79. The third-order valence-electron chi connectivity index (χ3n) is 1.79. The molecule has 0 aliphatic heterocycles. The number of esters is 1. The van der Waals surface area contributed by atoms with Gasteiger partial charge in [0.1, 0.15) is 12.2 Å². The van der Waals surface area contributed by atoms with Crippen LogP contribution in [0.3, 0.4) is 0 Å². The van der Waals surface area contributed by atoms with Crippen molar-refractivity contribution in [2.75, 3.05) is 0 Å². The van der Waals surface area contributed by atoms with Gasteiger partial charge < -0.3 is 9.84 Å². The second-order valence-corrected chi connectivity index (χ2v) is 3.90. The lowest BCUT2D eigenvalue weighted by Crippen LogP contribution is -2.19. The number of carbonyl (C=O) groups excluding carboxylic acids is 2. The van der Waals surface area contributed by atoms with E-state index in [1.807, 2.05) is 6.92 Å². The molecule has 0 aromatic rings. The Morgan fingerprint density at radius 2 is 1.93 bits per heavy atom. The number of hydrogen-bond donors (Lipinski definition) is 1. The van der Waals surface area contributed by atoms with Crippen molar-refractivity contribution in [1.82, 2.24) is 0 Å². The van der Waals surface area contributed by atoms with Crippen molar-refractivity contribution >= 4 is 11.8 Å². The molecule has 0 aliphatic rings. The van der Waals surface area contributed by atoms with Gasteiger partial charge in [-0.3, -0.25) is 9.59 Å². The fourth-order valence-electron chi connectivity index (χ4n) is 1.24. The average Bonchev–Trinajstić information content (AvgIpc) is 2.00. The molecule has 0 aliphatic carbocycles. The predicted octanol–water partition coefficient (Wildman–Crippen LogP) is 1.45. The number of aliphatic hydroxyl groups is 1. The molecule has 0 bridgehead atoms. The minimum atomic E-state index is -0.630. The molecule has 0 spiro atoms. The second-order valence-electron chi connectivity index (χ2n) is 3.90. The summed E-state index contributed by atoms with van der Waals surface area (Å²) in [5.74, 6) is -0.778. The van der Waals surface area contributed by atoms with E-state index in [-0.39, 0.29) is 24.7 Å². The predicted molar refractivity (Wildman–Crippen MR) is 56.4 cm³/mol. The standard InChI is InChI=1S/C11H20O4/c1-4-5-9(12)6-10(13)7-11(14)15-8(2)3/h8-9,12H,4-7H2,1-3H3/t9-/m1/s1. The molecule has 0 aromatic heterocycles. The van der Waals surface area contributed by atoms with Crippen LogP contribution < -0.4 is 0 Å². The van der Waals surface area contributed by atoms with E-state index in [2.05, 4.69) is 0 Å².